The summed E-state index contributed by atoms with van der Waals surface area (Å²) in [6.07, 6.45) is 1.05. The summed E-state index contributed by atoms with van der Waals surface area (Å²) < 4.78 is 7.71. The number of carbonyl (C=O) groups is 1. The number of amides is 1. The van der Waals surface area contributed by atoms with Crippen molar-refractivity contribution in [2.45, 2.75) is 26.8 Å². The Morgan fingerprint density at radius 3 is 2.50 bits per heavy atom. The summed E-state index contributed by atoms with van der Waals surface area (Å²) in [5.41, 5.74) is 3.07. The van der Waals surface area contributed by atoms with E-state index in [-0.39, 0.29) is 5.91 Å². The minimum Gasteiger partial charge on any atom is -0.497 e. The third kappa shape index (κ3) is 2.69. The first-order chi connectivity index (χ1) is 12.5. The number of likely N-dealkylation sites (tertiary alicyclic amines) is 2. The zero-order valence-electron chi connectivity index (χ0n) is 16.3. The predicted octanol–water partition coefficient (Wildman–Crippen LogP) is 3.00. The summed E-state index contributed by atoms with van der Waals surface area (Å²) in [7, 11) is 3.86. The molecule has 2 aliphatic heterocycles. The summed E-state index contributed by atoms with van der Waals surface area (Å²) >= 11 is 0. The topological polar surface area (TPSA) is 37.7 Å². The second-order valence-corrected chi connectivity index (χ2v) is 7.95. The van der Waals surface area contributed by atoms with Crippen LogP contribution in [-0.2, 0) is 6.54 Å². The van der Waals surface area contributed by atoms with Gasteiger partial charge in [0.25, 0.3) is 5.91 Å². The second-order valence-electron chi connectivity index (χ2n) is 7.95. The molecule has 0 unspecified atom stereocenters. The maximum Gasteiger partial charge on any atom is 0.256 e. The lowest BCUT2D eigenvalue weighted by Gasteiger charge is -2.20. The number of hydrogen-bond acceptors (Lipinski definition) is 3. The molecule has 5 nitrogen and oxygen atoms in total. The molecular formula is C21H29N3O2. The molecule has 1 aromatic heterocycles. The molecule has 2 aliphatic rings. The number of methoxy groups -OCH3 is 1. The lowest BCUT2D eigenvalue weighted by atomic mass is 10.0. The van der Waals surface area contributed by atoms with E-state index in [2.05, 4.69) is 41.3 Å². The molecule has 2 fully saturated rings. The predicted molar refractivity (Wildman–Crippen MR) is 104 cm³/mol. The lowest BCUT2D eigenvalue weighted by molar-refractivity contribution is 0.0777. The fourth-order valence-corrected chi connectivity index (χ4v) is 4.92. The molecule has 1 aromatic carbocycles. The van der Waals surface area contributed by atoms with E-state index in [0.29, 0.717) is 11.8 Å². The SMILES string of the molecule is CCCn1c(C)c(C(=O)N2C[C@H]3CN(C)C[C@H]3C2)c2cc(OC)ccc21. The Kier molecular flexibility index (Phi) is 4.43. The summed E-state index contributed by atoms with van der Waals surface area (Å²) in [5, 5.41) is 1.02. The van der Waals surface area contributed by atoms with Crippen LogP contribution in [0.1, 0.15) is 29.4 Å². The molecule has 1 amide bonds. The monoisotopic (exact) mass is 355 g/mol. The van der Waals surface area contributed by atoms with Crippen molar-refractivity contribution < 1.29 is 9.53 Å². The number of carbonyl (C=O) groups excluding carboxylic acids is 1. The average molecular weight is 355 g/mol. The first-order valence-corrected chi connectivity index (χ1v) is 9.68. The van der Waals surface area contributed by atoms with Crippen LogP contribution in [0.4, 0.5) is 0 Å². The first kappa shape index (κ1) is 17.4. The van der Waals surface area contributed by atoms with E-state index >= 15 is 0 Å². The fraction of sp³-hybridized carbons (Fsp3) is 0.571. The van der Waals surface area contributed by atoms with Crippen LogP contribution < -0.4 is 4.74 Å². The molecule has 0 spiro atoms. The Labute approximate surface area is 155 Å². The normalized spacial score (nSPS) is 23.0. The van der Waals surface area contributed by atoms with Gasteiger partial charge in [-0.15, -0.1) is 0 Å². The number of ether oxygens (including phenoxy) is 1. The molecule has 0 bridgehead atoms. The molecule has 0 aliphatic carbocycles. The van der Waals surface area contributed by atoms with Gasteiger partial charge in [-0.2, -0.15) is 0 Å². The molecule has 0 N–H and O–H groups in total. The van der Waals surface area contributed by atoms with Gasteiger partial charge in [-0.25, -0.2) is 0 Å². The Balaban J connectivity index is 1.73. The lowest BCUT2D eigenvalue weighted by Crippen LogP contribution is -2.32. The van der Waals surface area contributed by atoms with Crippen LogP contribution >= 0.6 is 0 Å². The van der Waals surface area contributed by atoms with Crippen LogP contribution in [-0.4, -0.2) is 60.6 Å². The van der Waals surface area contributed by atoms with Crippen molar-refractivity contribution in [1.82, 2.24) is 14.4 Å². The number of fused-ring (bicyclic) bond motifs is 2. The van der Waals surface area contributed by atoms with Crippen molar-refractivity contribution in [3.05, 3.63) is 29.5 Å². The molecule has 0 radical (unpaired) electrons. The molecular weight excluding hydrogens is 326 g/mol. The number of hydrogen-bond donors (Lipinski definition) is 0. The van der Waals surface area contributed by atoms with Gasteiger partial charge in [0, 0.05) is 49.3 Å². The van der Waals surface area contributed by atoms with Gasteiger partial charge < -0.3 is 19.1 Å². The van der Waals surface area contributed by atoms with Crippen LogP contribution in [0.3, 0.4) is 0 Å². The molecule has 26 heavy (non-hydrogen) atoms. The number of rotatable bonds is 4. The number of nitrogens with zero attached hydrogens (tertiary/aromatic N) is 3. The largest absolute Gasteiger partial charge is 0.497 e. The van der Waals surface area contributed by atoms with E-state index < -0.39 is 0 Å². The third-order valence-corrected chi connectivity index (χ3v) is 6.15. The molecule has 4 rings (SSSR count). The standard InChI is InChI=1S/C21H29N3O2/c1-5-8-24-14(2)20(18-9-17(26-4)6-7-19(18)24)21(25)23-12-15-10-22(3)11-16(15)13-23/h6-7,9,15-16H,5,8,10-13H2,1-4H3/t15-,16+. The van der Waals surface area contributed by atoms with Gasteiger partial charge in [0.05, 0.1) is 12.7 Å². The van der Waals surface area contributed by atoms with Gasteiger partial charge in [0.2, 0.25) is 0 Å². The van der Waals surface area contributed by atoms with Crippen LogP contribution in [0.5, 0.6) is 5.75 Å². The average Bonchev–Trinajstić information content (AvgIpc) is 3.24. The Morgan fingerprint density at radius 1 is 1.19 bits per heavy atom. The zero-order chi connectivity index (χ0) is 18.4. The maximum absolute atomic E-state index is 13.5. The summed E-state index contributed by atoms with van der Waals surface area (Å²) in [6, 6.07) is 6.09. The van der Waals surface area contributed by atoms with E-state index in [9.17, 15) is 4.79 Å². The van der Waals surface area contributed by atoms with Gasteiger partial charge >= 0.3 is 0 Å². The molecule has 3 heterocycles. The van der Waals surface area contributed by atoms with E-state index in [1.165, 1.54) is 0 Å². The van der Waals surface area contributed by atoms with Gasteiger partial charge in [-0.1, -0.05) is 6.92 Å². The quantitative estimate of drug-likeness (QED) is 0.846. The Morgan fingerprint density at radius 2 is 1.88 bits per heavy atom. The summed E-state index contributed by atoms with van der Waals surface area (Å²) in [6.45, 7) is 9.18. The highest BCUT2D eigenvalue weighted by Crippen LogP contribution is 2.35. The summed E-state index contributed by atoms with van der Waals surface area (Å²) in [4.78, 5) is 17.9. The van der Waals surface area contributed by atoms with Crippen molar-refractivity contribution >= 4 is 16.8 Å². The number of benzene rings is 1. The van der Waals surface area contributed by atoms with Crippen molar-refractivity contribution in [3.8, 4) is 5.75 Å². The zero-order valence-corrected chi connectivity index (χ0v) is 16.3. The van der Waals surface area contributed by atoms with Crippen molar-refractivity contribution in [2.24, 2.45) is 11.8 Å². The van der Waals surface area contributed by atoms with Crippen LogP contribution in [0.15, 0.2) is 18.2 Å². The van der Waals surface area contributed by atoms with Gasteiger partial charge in [0.1, 0.15) is 5.75 Å². The minimum absolute atomic E-state index is 0.188. The molecule has 2 aromatic rings. The van der Waals surface area contributed by atoms with Crippen LogP contribution in [0, 0.1) is 18.8 Å². The van der Waals surface area contributed by atoms with Crippen molar-refractivity contribution in [2.75, 3.05) is 40.3 Å². The first-order valence-electron chi connectivity index (χ1n) is 9.68. The highest BCUT2D eigenvalue weighted by molar-refractivity contribution is 6.09. The highest BCUT2D eigenvalue weighted by Gasteiger charge is 2.41. The van der Waals surface area contributed by atoms with Gasteiger partial charge in [0.15, 0.2) is 0 Å². The van der Waals surface area contributed by atoms with E-state index in [4.69, 9.17) is 4.74 Å². The Hall–Kier alpha value is -2.01. The van der Waals surface area contributed by atoms with Crippen molar-refractivity contribution in [3.63, 3.8) is 0 Å². The van der Waals surface area contributed by atoms with Gasteiger partial charge in [-0.3, -0.25) is 4.79 Å². The van der Waals surface area contributed by atoms with E-state index in [0.717, 1.165) is 67.1 Å². The minimum atomic E-state index is 0.188. The highest BCUT2D eigenvalue weighted by atomic mass is 16.5. The third-order valence-electron chi connectivity index (χ3n) is 6.15. The van der Waals surface area contributed by atoms with Gasteiger partial charge in [-0.05, 0) is 50.4 Å². The number of aromatic nitrogens is 1. The van der Waals surface area contributed by atoms with E-state index in [1.807, 2.05) is 12.1 Å². The smallest absolute Gasteiger partial charge is 0.256 e. The van der Waals surface area contributed by atoms with Crippen molar-refractivity contribution in [1.29, 1.82) is 0 Å². The molecule has 2 saturated heterocycles. The second kappa shape index (κ2) is 6.62. The molecule has 0 saturated carbocycles. The fourth-order valence-electron chi connectivity index (χ4n) is 4.92. The molecule has 140 valence electrons. The van der Waals surface area contributed by atoms with E-state index in [1.54, 1.807) is 7.11 Å². The van der Waals surface area contributed by atoms with Crippen LogP contribution in [0.25, 0.3) is 10.9 Å². The van der Waals surface area contributed by atoms with Crippen LogP contribution in [0.2, 0.25) is 0 Å². The number of aryl methyl sites for hydroxylation is 1. The molecule has 5 heteroatoms. The Bertz CT molecular complexity index is 827. The molecule has 2 atom stereocenters. The summed E-state index contributed by atoms with van der Waals surface area (Å²) in [5.74, 6) is 2.25. The maximum atomic E-state index is 13.5.